The minimum atomic E-state index is -0.797. The number of carboxylic acids is 1. The molecule has 4 nitrogen and oxygen atoms in total. The Morgan fingerprint density at radius 3 is 2.44 bits per heavy atom. The number of aliphatic carboxylic acids is 1. The molecule has 2 rings (SSSR count). The number of hydrogen-bond donors (Lipinski definition) is 1. The average molecular weight is 250 g/mol. The predicted molar refractivity (Wildman–Crippen MR) is 67.1 cm³/mol. The van der Waals surface area contributed by atoms with E-state index in [2.05, 4.69) is 0 Å². The van der Waals surface area contributed by atoms with E-state index in [-0.39, 0.29) is 13.2 Å². The first kappa shape index (κ1) is 12.9. The normalized spacial score (nSPS) is 17.1. The summed E-state index contributed by atoms with van der Waals surface area (Å²) in [7, 11) is 1.61. The van der Waals surface area contributed by atoms with Gasteiger partial charge in [0.2, 0.25) is 0 Å². The molecule has 1 aromatic carbocycles. The van der Waals surface area contributed by atoms with E-state index in [1.165, 1.54) is 0 Å². The minimum absolute atomic E-state index is 0.276. The van der Waals surface area contributed by atoms with Gasteiger partial charge in [-0.1, -0.05) is 6.07 Å². The molecule has 1 saturated heterocycles. The van der Waals surface area contributed by atoms with Crippen LogP contribution in [0.5, 0.6) is 5.75 Å². The van der Waals surface area contributed by atoms with Crippen LogP contribution >= 0.6 is 0 Å². The number of ether oxygens (including phenoxy) is 2. The second kappa shape index (κ2) is 4.61. The van der Waals surface area contributed by atoms with Gasteiger partial charge >= 0.3 is 5.97 Å². The summed E-state index contributed by atoms with van der Waals surface area (Å²) in [6.07, 6.45) is 0.451. The van der Waals surface area contributed by atoms with Gasteiger partial charge in [-0.15, -0.1) is 0 Å². The first-order chi connectivity index (χ1) is 8.48. The fourth-order valence-electron chi connectivity index (χ4n) is 2.19. The summed E-state index contributed by atoms with van der Waals surface area (Å²) in [5.41, 5.74) is 2.44. The summed E-state index contributed by atoms with van der Waals surface area (Å²) in [5.74, 6) is -0.0420. The van der Waals surface area contributed by atoms with Crippen molar-refractivity contribution in [2.75, 3.05) is 20.3 Å². The molecule has 4 heteroatoms. The third-order valence-electron chi connectivity index (χ3n) is 3.64. The molecule has 0 unspecified atom stereocenters. The van der Waals surface area contributed by atoms with Crippen LogP contribution in [-0.2, 0) is 16.0 Å². The smallest absolute Gasteiger partial charge is 0.314 e. The topological polar surface area (TPSA) is 55.8 Å². The van der Waals surface area contributed by atoms with Gasteiger partial charge in [-0.3, -0.25) is 4.79 Å². The van der Waals surface area contributed by atoms with Crippen molar-refractivity contribution < 1.29 is 19.4 Å². The molecule has 0 bridgehead atoms. The largest absolute Gasteiger partial charge is 0.496 e. The highest BCUT2D eigenvalue weighted by Gasteiger charge is 2.46. The molecule has 0 spiro atoms. The third kappa shape index (κ3) is 2.08. The first-order valence-electron chi connectivity index (χ1n) is 5.94. The number of rotatable bonds is 4. The van der Waals surface area contributed by atoms with Crippen molar-refractivity contribution >= 4 is 5.97 Å². The van der Waals surface area contributed by atoms with Crippen LogP contribution in [0.2, 0.25) is 0 Å². The lowest BCUT2D eigenvalue weighted by molar-refractivity contribution is -0.179. The first-order valence-corrected chi connectivity index (χ1v) is 5.94. The van der Waals surface area contributed by atoms with Crippen LogP contribution in [-0.4, -0.2) is 31.4 Å². The second-order valence-corrected chi connectivity index (χ2v) is 5.00. The number of hydrogen-bond acceptors (Lipinski definition) is 3. The molecule has 1 N–H and O–H groups in total. The number of benzene rings is 1. The van der Waals surface area contributed by atoms with Gasteiger partial charge in [0, 0.05) is 0 Å². The Bertz CT molecular complexity index is 475. The van der Waals surface area contributed by atoms with Gasteiger partial charge in [0.15, 0.2) is 0 Å². The van der Waals surface area contributed by atoms with Crippen LogP contribution in [0.25, 0.3) is 0 Å². The SMILES string of the molecule is COc1cc(C)c(C)cc1CC1(C(=O)O)COC1. The molecule has 18 heavy (non-hydrogen) atoms. The number of carbonyl (C=O) groups is 1. The van der Waals surface area contributed by atoms with E-state index in [0.717, 1.165) is 22.4 Å². The zero-order valence-electron chi connectivity index (χ0n) is 10.9. The summed E-state index contributed by atoms with van der Waals surface area (Å²) in [5, 5.41) is 9.31. The Balaban J connectivity index is 2.33. The van der Waals surface area contributed by atoms with Crippen molar-refractivity contribution in [3.05, 3.63) is 28.8 Å². The second-order valence-electron chi connectivity index (χ2n) is 5.00. The van der Waals surface area contributed by atoms with E-state index >= 15 is 0 Å². The van der Waals surface area contributed by atoms with Crippen molar-refractivity contribution in [2.24, 2.45) is 5.41 Å². The van der Waals surface area contributed by atoms with E-state index in [1.54, 1.807) is 7.11 Å². The van der Waals surface area contributed by atoms with E-state index in [4.69, 9.17) is 9.47 Å². The molecule has 0 amide bonds. The van der Waals surface area contributed by atoms with Crippen LogP contribution in [0.1, 0.15) is 16.7 Å². The molecule has 1 aliphatic rings. The van der Waals surface area contributed by atoms with Crippen LogP contribution in [0, 0.1) is 19.3 Å². The molecular formula is C14H18O4. The van der Waals surface area contributed by atoms with E-state index in [1.807, 2.05) is 26.0 Å². The average Bonchev–Trinajstić information content (AvgIpc) is 2.27. The van der Waals surface area contributed by atoms with Crippen LogP contribution in [0.4, 0.5) is 0 Å². The lowest BCUT2D eigenvalue weighted by Gasteiger charge is -2.37. The molecule has 1 heterocycles. The lowest BCUT2D eigenvalue weighted by Crippen LogP contribution is -2.50. The Labute approximate surface area is 107 Å². The van der Waals surface area contributed by atoms with Crippen LogP contribution < -0.4 is 4.74 Å². The zero-order chi connectivity index (χ0) is 13.3. The fraction of sp³-hybridized carbons (Fsp3) is 0.500. The Morgan fingerprint density at radius 1 is 1.39 bits per heavy atom. The molecule has 0 aliphatic carbocycles. The predicted octanol–water partition coefficient (Wildman–Crippen LogP) is 1.96. The van der Waals surface area contributed by atoms with Gasteiger partial charge < -0.3 is 14.6 Å². The number of carboxylic acid groups (broad SMARTS) is 1. The highest BCUT2D eigenvalue weighted by atomic mass is 16.5. The molecule has 0 aromatic heterocycles. The molecule has 0 atom stereocenters. The summed E-state index contributed by atoms with van der Waals surface area (Å²) in [6, 6.07) is 3.97. The zero-order valence-corrected chi connectivity index (χ0v) is 10.9. The maximum absolute atomic E-state index is 11.3. The van der Waals surface area contributed by atoms with Gasteiger partial charge in [0.25, 0.3) is 0 Å². The van der Waals surface area contributed by atoms with Gasteiger partial charge in [0.1, 0.15) is 11.2 Å². The molecule has 98 valence electrons. The van der Waals surface area contributed by atoms with E-state index in [0.29, 0.717) is 6.42 Å². The molecule has 1 aromatic rings. The summed E-state index contributed by atoms with van der Waals surface area (Å²) < 4.78 is 10.4. The quantitative estimate of drug-likeness (QED) is 0.887. The molecule has 1 fully saturated rings. The number of methoxy groups -OCH3 is 1. The van der Waals surface area contributed by atoms with E-state index < -0.39 is 11.4 Å². The Hall–Kier alpha value is -1.55. The molecule has 1 aliphatic heterocycles. The summed E-state index contributed by atoms with van der Waals surface area (Å²) >= 11 is 0. The van der Waals surface area contributed by atoms with Crippen LogP contribution in [0.15, 0.2) is 12.1 Å². The highest BCUT2D eigenvalue weighted by Crippen LogP contribution is 2.36. The Kier molecular flexibility index (Phi) is 3.30. The van der Waals surface area contributed by atoms with Crippen molar-refractivity contribution in [1.29, 1.82) is 0 Å². The maximum Gasteiger partial charge on any atom is 0.314 e. The molecular weight excluding hydrogens is 232 g/mol. The van der Waals surface area contributed by atoms with Gasteiger partial charge in [0.05, 0.1) is 20.3 Å². The summed E-state index contributed by atoms with van der Waals surface area (Å²) in [6.45, 7) is 4.58. The molecule has 0 radical (unpaired) electrons. The number of aryl methyl sites for hydroxylation is 2. The van der Waals surface area contributed by atoms with Crippen LogP contribution in [0.3, 0.4) is 0 Å². The van der Waals surface area contributed by atoms with Gasteiger partial charge in [-0.05, 0) is 43.0 Å². The van der Waals surface area contributed by atoms with Crippen molar-refractivity contribution in [3.63, 3.8) is 0 Å². The summed E-state index contributed by atoms with van der Waals surface area (Å²) in [4.78, 5) is 11.3. The van der Waals surface area contributed by atoms with Gasteiger partial charge in [-0.2, -0.15) is 0 Å². The lowest BCUT2D eigenvalue weighted by atomic mass is 9.79. The monoisotopic (exact) mass is 250 g/mol. The van der Waals surface area contributed by atoms with Crippen molar-refractivity contribution in [2.45, 2.75) is 20.3 Å². The third-order valence-corrected chi connectivity index (χ3v) is 3.64. The fourth-order valence-corrected chi connectivity index (χ4v) is 2.19. The highest BCUT2D eigenvalue weighted by molar-refractivity contribution is 5.76. The van der Waals surface area contributed by atoms with Gasteiger partial charge in [-0.25, -0.2) is 0 Å². The van der Waals surface area contributed by atoms with Crippen molar-refractivity contribution in [3.8, 4) is 5.75 Å². The van der Waals surface area contributed by atoms with E-state index in [9.17, 15) is 9.90 Å². The van der Waals surface area contributed by atoms with Crippen molar-refractivity contribution in [1.82, 2.24) is 0 Å². The maximum atomic E-state index is 11.3. The minimum Gasteiger partial charge on any atom is -0.496 e. The molecule has 0 saturated carbocycles. The standard InChI is InChI=1S/C14H18O4/c1-9-4-11(12(17-3)5-10(9)2)6-14(13(15)16)7-18-8-14/h4-5H,6-8H2,1-3H3,(H,15,16). The Morgan fingerprint density at radius 2 is 2.00 bits per heavy atom.